The molecule has 0 aromatic carbocycles. The van der Waals surface area contributed by atoms with E-state index in [0.29, 0.717) is 13.0 Å². The molecule has 3 rings (SSSR count). The molecule has 1 N–H and O–H groups in total. The fraction of sp³-hybridized carbons (Fsp3) is 0.438. The Morgan fingerprint density at radius 1 is 1.45 bits per heavy atom. The van der Waals surface area contributed by atoms with Gasteiger partial charge in [-0.05, 0) is 25.0 Å². The molecule has 1 aliphatic heterocycles. The third-order valence-corrected chi connectivity index (χ3v) is 3.75. The Labute approximate surface area is 129 Å². The van der Waals surface area contributed by atoms with Gasteiger partial charge in [-0.1, -0.05) is 11.2 Å². The van der Waals surface area contributed by atoms with Gasteiger partial charge in [0.2, 0.25) is 5.91 Å². The molecule has 22 heavy (non-hydrogen) atoms. The Hall–Kier alpha value is -2.21. The fourth-order valence-corrected chi connectivity index (χ4v) is 2.77. The molecule has 1 aliphatic rings. The largest absolute Gasteiger partial charge is 0.360 e. The second-order valence-corrected chi connectivity index (χ2v) is 5.77. The number of aryl methyl sites for hydroxylation is 1. The van der Waals surface area contributed by atoms with E-state index in [2.05, 4.69) is 26.4 Å². The van der Waals surface area contributed by atoms with Crippen LogP contribution in [0.5, 0.6) is 0 Å². The van der Waals surface area contributed by atoms with Crippen LogP contribution in [-0.2, 0) is 17.9 Å². The first kappa shape index (κ1) is 14.7. The van der Waals surface area contributed by atoms with Gasteiger partial charge >= 0.3 is 0 Å². The summed E-state index contributed by atoms with van der Waals surface area (Å²) < 4.78 is 5.32. The minimum Gasteiger partial charge on any atom is -0.360 e. The summed E-state index contributed by atoms with van der Waals surface area (Å²) >= 11 is 0. The molecule has 1 saturated heterocycles. The summed E-state index contributed by atoms with van der Waals surface area (Å²) in [6.45, 7) is 4.14. The van der Waals surface area contributed by atoms with Gasteiger partial charge in [-0.2, -0.15) is 0 Å². The van der Waals surface area contributed by atoms with Crippen molar-refractivity contribution < 1.29 is 9.32 Å². The summed E-state index contributed by atoms with van der Waals surface area (Å²) in [5.74, 6) is 0.979. The predicted molar refractivity (Wildman–Crippen MR) is 80.8 cm³/mol. The molecule has 0 saturated carbocycles. The molecule has 116 valence electrons. The van der Waals surface area contributed by atoms with Crippen LogP contribution in [0.3, 0.4) is 0 Å². The van der Waals surface area contributed by atoms with Crippen molar-refractivity contribution in [2.24, 2.45) is 0 Å². The highest BCUT2D eigenvalue weighted by Crippen LogP contribution is 2.14. The van der Waals surface area contributed by atoms with Crippen LogP contribution >= 0.6 is 0 Å². The maximum absolute atomic E-state index is 11.4. The monoisotopic (exact) mass is 300 g/mol. The summed E-state index contributed by atoms with van der Waals surface area (Å²) in [7, 11) is 0. The molecule has 0 radical (unpaired) electrons. The Morgan fingerprint density at radius 2 is 2.36 bits per heavy atom. The lowest BCUT2D eigenvalue weighted by Gasteiger charge is -2.24. The molecule has 1 fully saturated rings. The molecular formula is C16H20N4O2. The topological polar surface area (TPSA) is 71.3 Å². The fourth-order valence-electron chi connectivity index (χ4n) is 2.77. The molecule has 0 spiro atoms. The molecule has 1 atom stereocenters. The number of carbonyl (C=O) groups is 1. The van der Waals surface area contributed by atoms with Gasteiger partial charge < -0.3 is 9.84 Å². The first-order valence-corrected chi connectivity index (χ1v) is 7.52. The van der Waals surface area contributed by atoms with Gasteiger partial charge in [0.15, 0.2) is 5.76 Å². The third kappa shape index (κ3) is 3.92. The molecular weight excluding hydrogens is 280 g/mol. The van der Waals surface area contributed by atoms with Crippen molar-refractivity contribution in [3.8, 4) is 0 Å². The van der Waals surface area contributed by atoms with Gasteiger partial charge in [0.25, 0.3) is 0 Å². The summed E-state index contributed by atoms with van der Waals surface area (Å²) in [4.78, 5) is 17.8. The normalized spacial score (nSPS) is 17.9. The summed E-state index contributed by atoms with van der Waals surface area (Å²) in [5, 5.41) is 6.96. The number of hydrogen-bond donors (Lipinski definition) is 1. The van der Waals surface area contributed by atoms with Crippen molar-refractivity contribution >= 4 is 5.91 Å². The average molecular weight is 300 g/mol. The highest BCUT2D eigenvalue weighted by atomic mass is 16.5. The molecule has 2 aromatic heterocycles. The lowest BCUT2D eigenvalue weighted by Crippen LogP contribution is -2.38. The first-order chi connectivity index (χ1) is 10.7. The van der Waals surface area contributed by atoms with Crippen molar-refractivity contribution in [1.29, 1.82) is 0 Å². The highest BCUT2D eigenvalue weighted by molar-refractivity contribution is 5.78. The van der Waals surface area contributed by atoms with Crippen molar-refractivity contribution in [3.63, 3.8) is 0 Å². The van der Waals surface area contributed by atoms with Gasteiger partial charge in [0.1, 0.15) is 0 Å². The van der Waals surface area contributed by atoms with Crippen LogP contribution in [0.1, 0.15) is 29.9 Å². The maximum atomic E-state index is 11.4. The number of hydrogen-bond acceptors (Lipinski definition) is 5. The van der Waals surface area contributed by atoms with Gasteiger partial charge in [-0.3, -0.25) is 14.7 Å². The van der Waals surface area contributed by atoms with E-state index in [-0.39, 0.29) is 11.9 Å². The quantitative estimate of drug-likeness (QED) is 0.878. The number of nitrogens with one attached hydrogen (secondary N) is 1. The SMILES string of the molecule is Cc1cc(CN(Cc2cccnc2)C[C@@H]2CCC(=O)N2)on1. The third-order valence-electron chi connectivity index (χ3n) is 3.75. The van der Waals surface area contributed by atoms with E-state index in [0.717, 1.165) is 36.5 Å². The lowest BCUT2D eigenvalue weighted by atomic mass is 10.2. The van der Waals surface area contributed by atoms with Crippen molar-refractivity contribution in [3.05, 3.63) is 47.6 Å². The van der Waals surface area contributed by atoms with Gasteiger partial charge in [-0.15, -0.1) is 0 Å². The van der Waals surface area contributed by atoms with Crippen LogP contribution in [0.4, 0.5) is 0 Å². The van der Waals surface area contributed by atoms with Gasteiger partial charge in [0, 0.05) is 44.0 Å². The minimum atomic E-state index is 0.141. The predicted octanol–water partition coefficient (Wildman–Crippen LogP) is 1.66. The smallest absolute Gasteiger partial charge is 0.220 e. The Balaban J connectivity index is 1.68. The van der Waals surface area contributed by atoms with Crippen molar-refractivity contribution in [1.82, 2.24) is 20.4 Å². The van der Waals surface area contributed by atoms with Crippen LogP contribution in [0.15, 0.2) is 35.1 Å². The Kier molecular flexibility index (Phi) is 4.48. The van der Waals surface area contributed by atoms with E-state index < -0.39 is 0 Å². The molecule has 2 aromatic rings. The lowest BCUT2D eigenvalue weighted by molar-refractivity contribution is -0.119. The van der Waals surface area contributed by atoms with E-state index in [4.69, 9.17) is 4.52 Å². The minimum absolute atomic E-state index is 0.141. The molecule has 1 amide bonds. The van der Waals surface area contributed by atoms with Crippen LogP contribution < -0.4 is 5.32 Å². The van der Waals surface area contributed by atoms with E-state index in [9.17, 15) is 4.79 Å². The molecule has 0 unspecified atom stereocenters. The Bertz CT molecular complexity index is 626. The van der Waals surface area contributed by atoms with Crippen molar-refractivity contribution in [2.75, 3.05) is 6.54 Å². The molecule has 0 bridgehead atoms. The van der Waals surface area contributed by atoms with Crippen molar-refractivity contribution in [2.45, 2.75) is 38.9 Å². The summed E-state index contributed by atoms with van der Waals surface area (Å²) in [6.07, 6.45) is 5.14. The van der Waals surface area contributed by atoms with E-state index in [1.54, 1.807) is 6.20 Å². The number of rotatable bonds is 6. The van der Waals surface area contributed by atoms with E-state index >= 15 is 0 Å². The van der Waals surface area contributed by atoms with Gasteiger partial charge in [0.05, 0.1) is 12.2 Å². The summed E-state index contributed by atoms with van der Waals surface area (Å²) in [6, 6.07) is 6.14. The van der Waals surface area contributed by atoms with E-state index in [1.165, 1.54) is 0 Å². The standard InChI is InChI=1S/C16H20N4O2/c1-12-7-15(22-19-12)11-20(9-13-3-2-6-17-8-13)10-14-4-5-16(21)18-14/h2-3,6-8,14H,4-5,9-11H2,1H3,(H,18,21)/t14-/m0/s1. The van der Waals surface area contributed by atoms with Crippen LogP contribution in [0, 0.1) is 6.92 Å². The average Bonchev–Trinajstić information content (AvgIpc) is 3.09. The second kappa shape index (κ2) is 6.70. The number of aromatic nitrogens is 2. The number of nitrogens with zero attached hydrogens (tertiary/aromatic N) is 3. The van der Waals surface area contributed by atoms with Crippen LogP contribution in [-0.4, -0.2) is 33.5 Å². The number of carbonyl (C=O) groups excluding carboxylic acids is 1. The van der Waals surface area contributed by atoms with E-state index in [1.807, 2.05) is 25.3 Å². The van der Waals surface area contributed by atoms with Gasteiger partial charge in [-0.25, -0.2) is 0 Å². The zero-order valence-corrected chi connectivity index (χ0v) is 12.7. The number of pyridine rings is 1. The number of amides is 1. The molecule has 6 nitrogen and oxygen atoms in total. The Morgan fingerprint density at radius 3 is 3.00 bits per heavy atom. The molecule has 0 aliphatic carbocycles. The van der Waals surface area contributed by atoms with Crippen LogP contribution in [0.2, 0.25) is 0 Å². The van der Waals surface area contributed by atoms with Crippen LogP contribution in [0.25, 0.3) is 0 Å². The molecule has 3 heterocycles. The zero-order chi connectivity index (χ0) is 15.4. The highest BCUT2D eigenvalue weighted by Gasteiger charge is 2.23. The zero-order valence-electron chi connectivity index (χ0n) is 12.7. The second-order valence-electron chi connectivity index (χ2n) is 5.77. The molecule has 6 heteroatoms. The maximum Gasteiger partial charge on any atom is 0.220 e. The first-order valence-electron chi connectivity index (χ1n) is 7.52. The summed E-state index contributed by atoms with van der Waals surface area (Å²) in [5.41, 5.74) is 2.02.